The number of amides is 2. The molecule has 0 atom stereocenters. The Bertz CT molecular complexity index is 716. The fraction of sp³-hybridized carbons (Fsp3) is 0.235. The quantitative estimate of drug-likeness (QED) is 0.900. The number of rotatable bonds is 4. The summed E-state index contributed by atoms with van der Waals surface area (Å²) in [4.78, 5) is 27.6. The molecule has 0 radical (unpaired) electrons. The smallest absolute Gasteiger partial charge is 0.227 e. The van der Waals surface area contributed by atoms with Crippen molar-refractivity contribution < 1.29 is 14.3 Å². The second kappa shape index (κ2) is 6.91. The van der Waals surface area contributed by atoms with Crippen molar-refractivity contribution in [3.63, 3.8) is 0 Å². The van der Waals surface area contributed by atoms with Crippen LogP contribution in [0.3, 0.4) is 0 Å². The molecule has 1 aromatic carbocycles. The Morgan fingerprint density at radius 1 is 1.30 bits per heavy atom. The fourth-order valence-corrected chi connectivity index (χ4v) is 2.33. The lowest BCUT2D eigenvalue weighted by Crippen LogP contribution is -2.24. The molecule has 1 aromatic heterocycles. The van der Waals surface area contributed by atoms with Gasteiger partial charge in [-0.2, -0.15) is 0 Å². The number of benzene rings is 1. The van der Waals surface area contributed by atoms with E-state index in [1.165, 1.54) is 0 Å². The standard InChI is InChI=1S/C17H17N3O3/c21-16-5-7-23-15-4-3-12(8-14(15)20-16)9-17(22)19-11-13-2-1-6-18-10-13/h1-4,6,8,10H,5,7,9,11H2,(H,19,22)(H,20,21). The van der Waals surface area contributed by atoms with Gasteiger partial charge in [0.05, 0.1) is 25.1 Å². The topological polar surface area (TPSA) is 80.3 Å². The summed E-state index contributed by atoms with van der Waals surface area (Å²) in [5.41, 5.74) is 2.38. The van der Waals surface area contributed by atoms with Crippen LogP contribution in [0.1, 0.15) is 17.5 Å². The summed E-state index contributed by atoms with van der Waals surface area (Å²) in [5.74, 6) is 0.465. The van der Waals surface area contributed by atoms with Gasteiger partial charge in [0.1, 0.15) is 5.75 Å². The highest BCUT2D eigenvalue weighted by Gasteiger charge is 2.14. The third-order valence-electron chi connectivity index (χ3n) is 3.48. The van der Waals surface area contributed by atoms with E-state index in [4.69, 9.17) is 4.74 Å². The maximum atomic E-state index is 12.0. The first-order chi connectivity index (χ1) is 11.2. The van der Waals surface area contributed by atoms with Gasteiger partial charge >= 0.3 is 0 Å². The van der Waals surface area contributed by atoms with Gasteiger partial charge in [-0.1, -0.05) is 12.1 Å². The Hall–Kier alpha value is -2.89. The van der Waals surface area contributed by atoms with E-state index in [-0.39, 0.29) is 18.2 Å². The minimum absolute atomic E-state index is 0.0815. The van der Waals surface area contributed by atoms with Gasteiger partial charge in [-0.3, -0.25) is 14.6 Å². The number of carbonyl (C=O) groups excluding carboxylic acids is 2. The van der Waals surface area contributed by atoms with E-state index in [0.29, 0.717) is 31.0 Å². The zero-order chi connectivity index (χ0) is 16.1. The summed E-state index contributed by atoms with van der Waals surface area (Å²) >= 11 is 0. The van der Waals surface area contributed by atoms with Crippen molar-refractivity contribution in [1.82, 2.24) is 10.3 Å². The molecule has 2 aromatic rings. The molecule has 0 bridgehead atoms. The van der Waals surface area contributed by atoms with Crippen molar-refractivity contribution in [3.8, 4) is 5.75 Å². The molecule has 23 heavy (non-hydrogen) atoms. The molecule has 6 heteroatoms. The highest BCUT2D eigenvalue weighted by Crippen LogP contribution is 2.28. The van der Waals surface area contributed by atoms with Crippen LogP contribution in [0.25, 0.3) is 0 Å². The zero-order valence-corrected chi connectivity index (χ0v) is 12.5. The fourth-order valence-electron chi connectivity index (χ4n) is 2.33. The number of anilines is 1. The molecular weight excluding hydrogens is 294 g/mol. The second-order valence-corrected chi connectivity index (χ2v) is 5.29. The summed E-state index contributed by atoms with van der Waals surface area (Å²) in [5, 5.41) is 5.64. The molecule has 0 saturated carbocycles. The van der Waals surface area contributed by atoms with Crippen LogP contribution in [0.15, 0.2) is 42.7 Å². The maximum Gasteiger partial charge on any atom is 0.227 e. The lowest BCUT2D eigenvalue weighted by atomic mass is 10.1. The lowest BCUT2D eigenvalue weighted by molar-refractivity contribution is -0.120. The Morgan fingerprint density at radius 2 is 2.22 bits per heavy atom. The summed E-state index contributed by atoms with van der Waals surface area (Å²) in [6.45, 7) is 0.807. The molecule has 118 valence electrons. The Labute approximate surface area is 133 Å². The molecule has 1 aliphatic rings. The molecule has 0 unspecified atom stereocenters. The van der Waals surface area contributed by atoms with Crippen LogP contribution >= 0.6 is 0 Å². The van der Waals surface area contributed by atoms with Crippen molar-refractivity contribution in [2.75, 3.05) is 11.9 Å². The molecule has 0 spiro atoms. The number of pyridine rings is 1. The van der Waals surface area contributed by atoms with Gasteiger partial charge in [-0.25, -0.2) is 0 Å². The molecule has 0 saturated heterocycles. The zero-order valence-electron chi connectivity index (χ0n) is 12.5. The normalized spacial score (nSPS) is 13.3. The van der Waals surface area contributed by atoms with Crippen LogP contribution in [-0.2, 0) is 22.6 Å². The van der Waals surface area contributed by atoms with Gasteiger partial charge in [0, 0.05) is 18.9 Å². The number of aromatic nitrogens is 1. The molecule has 2 heterocycles. The lowest BCUT2D eigenvalue weighted by Gasteiger charge is -2.10. The summed E-state index contributed by atoms with van der Waals surface area (Å²) in [6.07, 6.45) is 3.98. The monoisotopic (exact) mass is 311 g/mol. The minimum atomic E-state index is -0.0883. The molecular formula is C17H17N3O3. The van der Waals surface area contributed by atoms with E-state index in [2.05, 4.69) is 15.6 Å². The van der Waals surface area contributed by atoms with Gasteiger partial charge in [0.15, 0.2) is 0 Å². The van der Waals surface area contributed by atoms with Crippen molar-refractivity contribution in [1.29, 1.82) is 0 Å². The molecule has 6 nitrogen and oxygen atoms in total. The van der Waals surface area contributed by atoms with Crippen molar-refractivity contribution in [3.05, 3.63) is 53.9 Å². The third-order valence-corrected chi connectivity index (χ3v) is 3.48. The Kier molecular flexibility index (Phi) is 4.52. The van der Waals surface area contributed by atoms with E-state index >= 15 is 0 Å². The van der Waals surface area contributed by atoms with Crippen LogP contribution in [0.4, 0.5) is 5.69 Å². The largest absolute Gasteiger partial charge is 0.491 e. The first-order valence-electron chi connectivity index (χ1n) is 7.42. The summed E-state index contributed by atoms with van der Waals surface area (Å²) < 4.78 is 5.49. The highest BCUT2D eigenvalue weighted by molar-refractivity contribution is 5.93. The summed E-state index contributed by atoms with van der Waals surface area (Å²) in [6, 6.07) is 9.13. The first-order valence-corrected chi connectivity index (χ1v) is 7.42. The average Bonchev–Trinajstić information content (AvgIpc) is 2.74. The van der Waals surface area contributed by atoms with E-state index in [9.17, 15) is 9.59 Å². The first kappa shape index (κ1) is 15.0. The van der Waals surface area contributed by atoms with E-state index in [1.54, 1.807) is 24.5 Å². The van der Waals surface area contributed by atoms with E-state index < -0.39 is 0 Å². The SMILES string of the molecule is O=C(Cc1ccc2c(c1)NC(=O)CCO2)NCc1cccnc1. The average molecular weight is 311 g/mol. The van der Waals surface area contributed by atoms with E-state index in [0.717, 1.165) is 11.1 Å². The highest BCUT2D eigenvalue weighted by atomic mass is 16.5. The molecule has 2 amide bonds. The predicted molar refractivity (Wildman–Crippen MR) is 85.0 cm³/mol. The van der Waals surface area contributed by atoms with E-state index in [1.807, 2.05) is 18.2 Å². The molecule has 0 fully saturated rings. The van der Waals surface area contributed by atoms with Gasteiger partial charge in [0.25, 0.3) is 0 Å². The van der Waals surface area contributed by atoms with Gasteiger partial charge in [-0.05, 0) is 29.3 Å². The van der Waals surface area contributed by atoms with Crippen LogP contribution in [0, 0.1) is 0 Å². The van der Waals surface area contributed by atoms with Crippen LogP contribution < -0.4 is 15.4 Å². The molecule has 2 N–H and O–H groups in total. The van der Waals surface area contributed by atoms with Crippen LogP contribution in [0.5, 0.6) is 5.75 Å². The third kappa shape index (κ3) is 4.06. The van der Waals surface area contributed by atoms with Crippen LogP contribution in [-0.4, -0.2) is 23.4 Å². The number of hydrogen-bond donors (Lipinski definition) is 2. The number of carbonyl (C=O) groups is 2. The molecule has 0 aliphatic carbocycles. The predicted octanol–water partition coefficient (Wildman–Crippen LogP) is 1.66. The van der Waals surface area contributed by atoms with Crippen LogP contribution in [0.2, 0.25) is 0 Å². The van der Waals surface area contributed by atoms with Gasteiger partial charge < -0.3 is 15.4 Å². The van der Waals surface area contributed by atoms with Gasteiger partial charge in [0.2, 0.25) is 11.8 Å². The number of fused-ring (bicyclic) bond motifs is 1. The Morgan fingerprint density at radius 3 is 3.04 bits per heavy atom. The second-order valence-electron chi connectivity index (χ2n) is 5.29. The Balaban J connectivity index is 1.61. The number of hydrogen-bond acceptors (Lipinski definition) is 4. The molecule has 1 aliphatic heterocycles. The maximum absolute atomic E-state index is 12.0. The summed E-state index contributed by atoms with van der Waals surface area (Å²) in [7, 11) is 0. The molecule has 3 rings (SSSR count). The minimum Gasteiger partial charge on any atom is -0.491 e. The van der Waals surface area contributed by atoms with Crippen molar-refractivity contribution in [2.24, 2.45) is 0 Å². The van der Waals surface area contributed by atoms with Crippen molar-refractivity contribution in [2.45, 2.75) is 19.4 Å². The number of nitrogens with one attached hydrogen (secondary N) is 2. The number of ether oxygens (including phenoxy) is 1. The van der Waals surface area contributed by atoms with Crippen molar-refractivity contribution >= 4 is 17.5 Å². The number of nitrogens with zero attached hydrogens (tertiary/aromatic N) is 1. The van der Waals surface area contributed by atoms with Gasteiger partial charge in [-0.15, -0.1) is 0 Å².